The number of hydrogen-bond acceptors (Lipinski definition) is 6. The second kappa shape index (κ2) is 9.14. The van der Waals surface area contributed by atoms with Gasteiger partial charge < -0.3 is 15.1 Å². The summed E-state index contributed by atoms with van der Waals surface area (Å²) in [5.41, 5.74) is 1.62. The van der Waals surface area contributed by atoms with Gasteiger partial charge in [-0.3, -0.25) is 14.9 Å². The molecule has 5 rings (SSSR count). The lowest BCUT2D eigenvalue weighted by Crippen LogP contribution is -2.40. The number of pyridine rings is 1. The van der Waals surface area contributed by atoms with Crippen LogP contribution in [0.25, 0.3) is 0 Å². The van der Waals surface area contributed by atoms with Crippen LogP contribution in [-0.4, -0.2) is 47.9 Å². The van der Waals surface area contributed by atoms with E-state index in [1.807, 2.05) is 12.1 Å². The van der Waals surface area contributed by atoms with Crippen LogP contribution in [0.4, 0.5) is 31.8 Å². The van der Waals surface area contributed by atoms with Crippen LogP contribution in [0, 0.1) is 19.1 Å². The van der Waals surface area contributed by atoms with Crippen molar-refractivity contribution in [2.75, 3.05) is 41.3 Å². The molecule has 0 atom stereocenters. The molecule has 1 spiro atoms. The van der Waals surface area contributed by atoms with E-state index in [4.69, 9.17) is 0 Å². The van der Waals surface area contributed by atoms with Crippen molar-refractivity contribution in [1.29, 1.82) is 0 Å². The van der Waals surface area contributed by atoms with Crippen molar-refractivity contribution in [3.05, 3.63) is 49.6 Å². The largest absolute Gasteiger partial charge is 0.371 e. The van der Waals surface area contributed by atoms with Crippen molar-refractivity contribution in [1.82, 2.24) is 4.98 Å². The third kappa shape index (κ3) is 5.19. The minimum Gasteiger partial charge on any atom is -0.371 e. The Morgan fingerprint density at radius 1 is 1.00 bits per heavy atom. The maximum atomic E-state index is 13.6. The monoisotopic (exact) mass is 597 g/mol. The van der Waals surface area contributed by atoms with Gasteiger partial charge in [0.1, 0.15) is 5.82 Å². The molecule has 35 heavy (non-hydrogen) atoms. The Balaban J connectivity index is 1.38. The molecular weight excluding hydrogens is 571 g/mol. The second-order valence-corrected chi connectivity index (χ2v) is 11.0. The molecule has 0 radical (unpaired) electrons. The molecule has 1 aromatic heterocycles. The van der Waals surface area contributed by atoms with Crippen LogP contribution >= 0.6 is 22.6 Å². The number of amides is 1. The Hall–Kier alpha value is -2.57. The van der Waals surface area contributed by atoms with E-state index in [1.165, 1.54) is 29.9 Å². The maximum Gasteiger partial charge on any atom is 0.311 e. The molecule has 1 aliphatic carbocycles. The van der Waals surface area contributed by atoms with Gasteiger partial charge in [-0.2, -0.15) is 0 Å². The molecule has 1 saturated carbocycles. The summed E-state index contributed by atoms with van der Waals surface area (Å²) in [6.45, 7) is 1.71. The first-order chi connectivity index (χ1) is 16.6. The summed E-state index contributed by atoms with van der Waals surface area (Å²) in [7, 11) is 0. The summed E-state index contributed by atoms with van der Waals surface area (Å²) in [5.74, 6) is -3.00. The Kier molecular flexibility index (Phi) is 6.30. The number of halogens is 3. The SMILES string of the molecule is O=C(Nc1ccc([N+](=O)[O-])c(N2CCC(F)(F)CC2)n1)c1ccc(I)cc1N1CCC2(CC1)CC2. The number of nitrogens with zero attached hydrogens (tertiary/aromatic N) is 4. The summed E-state index contributed by atoms with van der Waals surface area (Å²) in [5, 5.41) is 14.3. The van der Waals surface area contributed by atoms with Crippen molar-refractivity contribution in [2.24, 2.45) is 5.41 Å². The van der Waals surface area contributed by atoms with E-state index in [0.29, 0.717) is 11.0 Å². The van der Waals surface area contributed by atoms with Crippen LogP contribution in [-0.2, 0) is 0 Å². The fourth-order valence-corrected chi connectivity index (χ4v) is 5.45. The second-order valence-electron chi connectivity index (χ2n) is 9.74. The van der Waals surface area contributed by atoms with E-state index in [9.17, 15) is 23.7 Å². The highest BCUT2D eigenvalue weighted by Gasteiger charge is 2.44. The van der Waals surface area contributed by atoms with E-state index in [-0.39, 0.29) is 36.3 Å². The highest BCUT2D eigenvalue weighted by Crippen LogP contribution is 2.54. The molecule has 8 nitrogen and oxygen atoms in total. The number of alkyl halides is 2. The zero-order valence-corrected chi connectivity index (χ0v) is 21.3. The number of nitro groups is 1. The van der Waals surface area contributed by atoms with Crippen molar-refractivity contribution in [3.8, 4) is 0 Å². The van der Waals surface area contributed by atoms with Crippen LogP contribution in [0.1, 0.15) is 48.9 Å². The molecular formula is C24H26F2IN5O3. The number of nitrogens with one attached hydrogen (secondary N) is 1. The quantitative estimate of drug-likeness (QED) is 0.280. The first-order valence-electron chi connectivity index (χ1n) is 11.8. The minimum absolute atomic E-state index is 0.00287. The summed E-state index contributed by atoms with van der Waals surface area (Å²) in [6, 6.07) is 8.30. The molecule has 2 saturated heterocycles. The van der Waals surface area contributed by atoms with E-state index in [2.05, 4.69) is 37.8 Å². The van der Waals surface area contributed by atoms with Crippen LogP contribution in [0.3, 0.4) is 0 Å². The summed E-state index contributed by atoms with van der Waals surface area (Å²) >= 11 is 2.23. The molecule has 11 heteroatoms. The molecule has 1 aromatic carbocycles. The predicted octanol–water partition coefficient (Wildman–Crippen LogP) is 5.46. The Morgan fingerprint density at radius 2 is 1.66 bits per heavy atom. The van der Waals surface area contributed by atoms with Crippen LogP contribution in [0.2, 0.25) is 0 Å². The van der Waals surface area contributed by atoms with Crippen LogP contribution in [0.5, 0.6) is 0 Å². The number of carbonyl (C=O) groups excluding carboxylic acids is 1. The third-order valence-corrected chi connectivity index (χ3v) is 8.08. The fourth-order valence-electron chi connectivity index (χ4n) is 4.97. The van der Waals surface area contributed by atoms with E-state index in [1.54, 1.807) is 6.07 Å². The normalized spacial score (nSPS) is 20.5. The fraction of sp³-hybridized carbons (Fsp3) is 0.500. The zero-order chi connectivity index (χ0) is 24.8. The molecule has 0 unspecified atom stereocenters. The van der Waals surface area contributed by atoms with Gasteiger partial charge in [-0.15, -0.1) is 0 Å². The summed E-state index contributed by atoms with van der Waals surface area (Å²) in [6.07, 6.45) is 4.05. The first-order valence-corrected chi connectivity index (χ1v) is 12.9. The van der Waals surface area contributed by atoms with Crippen LogP contribution < -0.4 is 15.1 Å². The first kappa shape index (κ1) is 24.1. The molecule has 3 aliphatic rings. The van der Waals surface area contributed by atoms with Gasteiger partial charge in [-0.25, -0.2) is 13.8 Å². The van der Waals surface area contributed by atoms with Crippen molar-refractivity contribution in [2.45, 2.75) is 44.4 Å². The highest BCUT2D eigenvalue weighted by molar-refractivity contribution is 14.1. The number of benzene rings is 1. The number of hydrogen-bond donors (Lipinski definition) is 1. The average molecular weight is 597 g/mol. The van der Waals surface area contributed by atoms with Gasteiger partial charge in [0.05, 0.1) is 16.2 Å². The molecule has 3 fully saturated rings. The van der Waals surface area contributed by atoms with Gasteiger partial charge in [-0.05, 0) is 78.0 Å². The Morgan fingerprint density at radius 3 is 2.29 bits per heavy atom. The Labute approximate surface area is 215 Å². The molecule has 0 bridgehead atoms. The van der Waals surface area contributed by atoms with E-state index >= 15 is 0 Å². The van der Waals surface area contributed by atoms with Gasteiger partial charge in [0.25, 0.3) is 11.8 Å². The minimum atomic E-state index is -2.79. The summed E-state index contributed by atoms with van der Waals surface area (Å²) in [4.78, 5) is 32.3. The van der Waals surface area contributed by atoms with Gasteiger partial charge >= 0.3 is 5.69 Å². The van der Waals surface area contributed by atoms with E-state index in [0.717, 1.165) is 35.2 Å². The zero-order valence-electron chi connectivity index (χ0n) is 19.1. The maximum absolute atomic E-state index is 13.6. The van der Waals surface area contributed by atoms with Gasteiger partial charge in [0.2, 0.25) is 5.82 Å². The van der Waals surface area contributed by atoms with Gasteiger partial charge in [0.15, 0.2) is 0 Å². The van der Waals surface area contributed by atoms with E-state index < -0.39 is 23.7 Å². The summed E-state index contributed by atoms with van der Waals surface area (Å²) < 4.78 is 28.3. The van der Waals surface area contributed by atoms with Gasteiger partial charge in [0, 0.05) is 48.7 Å². The average Bonchev–Trinajstić information content (AvgIpc) is 3.58. The van der Waals surface area contributed by atoms with Crippen LogP contribution in [0.15, 0.2) is 30.3 Å². The smallest absolute Gasteiger partial charge is 0.311 e. The predicted molar refractivity (Wildman–Crippen MR) is 138 cm³/mol. The lowest BCUT2D eigenvalue weighted by molar-refractivity contribution is -0.384. The third-order valence-electron chi connectivity index (χ3n) is 7.41. The Bertz CT molecular complexity index is 1150. The van der Waals surface area contributed by atoms with Crippen molar-refractivity contribution < 1.29 is 18.5 Å². The number of carbonyl (C=O) groups is 1. The van der Waals surface area contributed by atoms with Crippen molar-refractivity contribution >= 4 is 51.5 Å². The number of anilines is 3. The molecule has 2 aliphatic heterocycles. The molecule has 186 valence electrons. The standard InChI is InChI=1S/C24H26F2IN5O3/c25-24(26)9-13-31(14-10-24)21-18(32(34)35)3-4-20(28-21)29-22(33)17-2-1-16(27)15-19(17)30-11-7-23(5-6-23)8-12-30/h1-4,15H,5-14H2,(H,28,29,33). The lowest BCUT2D eigenvalue weighted by Gasteiger charge is -2.35. The topological polar surface area (TPSA) is 91.6 Å². The number of piperidine rings is 2. The molecule has 2 aromatic rings. The molecule has 1 N–H and O–H groups in total. The van der Waals surface area contributed by atoms with Crippen molar-refractivity contribution in [3.63, 3.8) is 0 Å². The number of rotatable bonds is 5. The number of aromatic nitrogens is 1. The molecule has 3 heterocycles. The lowest BCUT2D eigenvalue weighted by atomic mass is 9.93. The van der Waals surface area contributed by atoms with Gasteiger partial charge in [-0.1, -0.05) is 0 Å². The molecule has 1 amide bonds. The highest BCUT2D eigenvalue weighted by atomic mass is 127.